The molecule has 2 heteroatoms. The molecule has 0 saturated heterocycles. The fraction of sp³-hybridized carbons (Fsp3) is 0.600. The van der Waals surface area contributed by atoms with Crippen molar-refractivity contribution in [2.75, 3.05) is 11.9 Å². The summed E-state index contributed by atoms with van der Waals surface area (Å²) in [6, 6.07) is 10.3. The second-order valence-electron chi connectivity index (χ2n) is 4.59. The van der Waals surface area contributed by atoms with Gasteiger partial charge in [0.15, 0.2) is 0 Å². The molecular formula is C15H25NO. The van der Waals surface area contributed by atoms with E-state index in [9.17, 15) is 5.11 Å². The van der Waals surface area contributed by atoms with Crippen LogP contribution in [0.1, 0.15) is 45.4 Å². The molecule has 1 aromatic carbocycles. The Labute approximate surface area is 105 Å². The highest BCUT2D eigenvalue weighted by atomic mass is 16.3. The van der Waals surface area contributed by atoms with Crippen LogP contribution in [0.4, 0.5) is 5.69 Å². The first-order valence-electron chi connectivity index (χ1n) is 6.79. The molecule has 17 heavy (non-hydrogen) atoms. The quantitative estimate of drug-likeness (QED) is 0.638. The van der Waals surface area contributed by atoms with Gasteiger partial charge in [0.2, 0.25) is 0 Å². The van der Waals surface area contributed by atoms with Crippen LogP contribution in [0.5, 0.6) is 0 Å². The van der Waals surface area contributed by atoms with Crippen molar-refractivity contribution in [3.05, 3.63) is 30.3 Å². The molecule has 1 atom stereocenters. The molecule has 0 aliphatic heterocycles. The lowest BCUT2D eigenvalue weighted by Crippen LogP contribution is -2.23. The molecule has 2 nitrogen and oxygen atoms in total. The van der Waals surface area contributed by atoms with E-state index in [1.165, 1.54) is 32.1 Å². The third kappa shape index (κ3) is 6.32. The van der Waals surface area contributed by atoms with E-state index >= 15 is 0 Å². The van der Waals surface area contributed by atoms with Gasteiger partial charge in [-0.3, -0.25) is 0 Å². The third-order valence-electron chi connectivity index (χ3n) is 3.02. The lowest BCUT2D eigenvalue weighted by atomic mass is 10.1. The summed E-state index contributed by atoms with van der Waals surface area (Å²) >= 11 is 0. The topological polar surface area (TPSA) is 32.3 Å². The standard InChI is InChI=1S/C15H25NO/c1-2-3-4-5-7-12-15(13-17)16-14-10-8-6-9-11-14/h6,8-11,15-17H,2-5,7,12-13H2,1H3. The van der Waals surface area contributed by atoms with Crippen molar-refractivity contribution < 1.29 is 5.11 Å². The van der Waals surface area contributed by atoms with E-state index in [4.69, 9.17) is 0 Å². The van der Waals surface area contributed by atoms with Crippen molar-refractivity contribution in [3.63, 3.8) is 0 Å². The van der Waals surface area contributed by atoms with Gasteiger partial charge in [-0.2, -0.15) is 0 Å². The highest BCUT2D eigenvalue weighted by molar-refractivity contribution is 5.43. The molecule has 0 spiro atoms. The van der Waals surface area contributed by atoms with Crippen LogP contribution < -0.4 is 5.32 Å². The van der Waals surface area contributed by atoms with Gasteiger partial charge in [-0.1, -0.05) is 57.2 Å². The summed E-state index contributed by atoms with van der Waals surface area (Å²) in [7, 11) is 0. The summed E-state index contributed by atoms with van der Waals surface area (Å²) in [4.78, 5) is 0. The molecule has 1 unspecified atom stereocenters. The van der Waals surface area contributed by atoms with Crippen molar-refractivity contribution in [3.8, 4) is 0 Å². The molecule has 1 aromatic rings. The van der Waals surface area contributed by atoms with Crippen molar-refractivity contribution >= 4 is 5.69 Å². The maximum Gasteiger partial charge on any atom is 0.0632 e. The Balaban J connectivity index is 2.20. The Hall–Kier alpha value is -1.02. The van der Waals surface area contributed by atoms with E-state index < -0.39 is 0 Å². The molecule has 0 saturated carbocycles. The van der Waals surface area contributed by atoms with E-state index in [1.807, 2.05) is 30.3 Å². The monoisotopic (exact) mass is 235 g/mol. The maximum absolute atomic E-state index is 9.33. The smallest absolute Gasteiger partial charge is 0.0632 e. The minimum atomic E-state index is 0.194. The fourth-order valence-corrected chi connectivity index (χ4v) is 1.97. The Kier molecular flexibility index (Phi) is 7.48. The van der Waals surface area contributed by atoms with E-state index in [1.54, 1.807) is 0 Å². The number of hydrogen-bond acceptors (Lipinski definition) is 2. The molecule has 0 aliphatic rings. The summed E-state index contributed by atoms with van der Waals surface area (Å²) in [6.45, 7) is 2.44. The molecule has 0 aliphatic carbocycles. The Morgan fingerprint density at radius 1 is 1.06 bits per heavy atom. The van der Waals surface area contributed by atoms with Crippen molar-refractivity contribution in [2.45, 2.75) is 51.5 Å². The first-order chi connectivity index (χ1) is 8.36. The van der Waals surface area contributed by atoms with Crippen LogP contribution in [0.2, 0.25) is 0 Å². The average molecular weight is 235 g/mol. The largest absolute Gasteiger partial charge is 0.394 e. The highest BCUT2D eigenvalue weighted by Gasteiger charge is 2.06. The molecule has 0 bridgehead atoms. The van der Waals surface area contributed by atoms with Crippen LogP contribution in [-0.2, 0) is 0 Å². The zero-order valence-corrected chi connectivity index (χ0v) is 10.9. The molecule has 0 radical (unpaired) electrons. The summed E-state index contributed by atoms with van der Waals surface area (Å²) in [5.41, 5.74) is 1.10. The van der Waals surface area contributed by atoms with Crippen molar-refractivity contribution in [2.24, 2.45) is 0 Å². The Morgan fingerprint density at radius 3 is 2.41 bits per heavy atom. The van der Waals surface area contributed by atoms with Gasteiger partial charge in [0.05, 0.1) is 6.61 Å². The van der Waals surface area contributed by atoms with Crippen molar-refractivity contribution in [1.29, 1.82) is 0 Å². The SMILES string of the molecule is CCCCCCCC(CO)Nc1ccccc1. The maximum atomic E-state index is 9.33. The van der Waals surface area contributed by atoms with Crippen LogP contribution in [0.3, 0.4) is 0 Å². The van der Waals surface area contributed by atoms with Gasteiger partial charge >= 0.3 is 0 Å². The summed E-state index contributed by atoms with van der Waals surface area (Å²) < 4.78 is 0. The van der Waals surface area contributed by atoms with E-state index in [0.29, 0.717) is 0 Å². The third-order valence-corrected chi connectivity index (χ3v) is 3.02. The summed E-state index contributed by atoms with van der Waals surface area (Å²) in [5, 5.41) is 12.7. The van der Waals surface area contributed by atoms with Crippen LogP contribution >= 0.6 is 0 Å². The van der Waals surface area contributed by atoms with Gasteiger partial charge < -0.3 is 10.4 Å². The number of para-hydroxylation sites is 1. The molecule has 0 amide bonds. The normalized spacial score (nSPS) is 12.4. The second-order valence-corrected chi connectivity index (χ2v) is 4.59. The second kappa shape index (κ2) is 9.06. The van der Waals surface area contributed by atoms with Gasteiger partial charge in [0.1, 0.15) is 0 Å². The van der Waals surface area contributed by atoms with Gasteiger partial charge in [-0.05, 0) is 18.6 Å². The van der Waals surface area contributed by atoms with Gasteiger partial charge in [0, 0.05) is 11.7 Å². The molecule has 0 fully saturated rings. The number of hydrogen-bond donors (Lipinski definition) is 2. The molecule has 0 aromatic heterocycles. The zero-order chi connectivity index (χ0) is 12.3. The molecular weight excluding hydrogens is 210 g/mol. The van der Waals surface area contributed by atoms with E-state index in [0.717, 1.165) is 12.1 Å². The number of rotatable bonds is 9. The lowest BCUT2D eigenvalue weighted by Gasteiger charge is -2.17. The predicted molar refractivity (Wildman–Crippen MR) is 74.3 cm³/mol. The average Bonchev–Trinajstić information content (AvgIpc) is 2.38. The first kappa shape index (κ1) is 14.0. The lowest BCUT2D eigenvalue weighted by molar-refractivity contribution is 0.266. The van der Waals surface area contributed by atoms with E-state index in [-0.39, 0.29) is 12.6 Å². The Morgan fingerprint density at radius 2 is 1.76 bits per heavy atom. The van der Waals surface area contributed by atoms with Gasteiger partial charge in [0.25, 0.3) is 0 Å². The minimum Gasteiger partial charge on any atom is -0.394 e. The highest BCUT2D eigenvalue weighted by Crippen LogP contribution is 2.12. The van der Waals surface area contributed by atoms with Crippen LogP contribution in [0.25, 0.3) is 0 Å². The number of benzene rings is 1. The molecule has 1 rings (SSSR count). The van der Waals surface area contributed by atoms with Crippen LogP contribution in [-0.4, -0.2) is 17.8 Å². The molecule has 2 N–H and O–H groups in total. The summed E-state index contributed by atoms with van der Waals surface area (Å²) in [6.07, 6.45) is 7.46. The van der Waals surface area contributed by atoms with Crippen LogP contribution in [0.15, 0.2) is 30.3 Å². The van der Waals surface area contributed by atoms with Crippen molar-refractivity contribution in [1.82, 2.24) is 0 Å². The number of aliphatic hydroxyl groups is 1. The minimum absolute atomic E-state index is 0.194. The predicted octanol–water partition coefficient (Wildman–Crippen LogP) is 3.82. The Bertz CT molecular complexity index is 274. The number of anilines is 1. The number of unbranched alkanes of at least 4 members (excludes halogenated alkanes) is 4. The molecule has 0 heterocycles. The van der Waals surface area contributed by atoms with Gasteiger partial charge in [-0.25, -0.2) is 0 Å². The number of aliphatic hydroxyl groups excluding tert-OH is 1. The molecule has 96 valence electrons. The van der Waals surface area contributed by atoms with Crippen LogP contribution in [0, 0.1) is 0 Å². The first-order valence-corrected chi connectivity index (χ1v) is 6.79. The zero-order valence-electron chi connectivity index (χ0n) is 10.9. The number of nitrogens with one attached hydrogen (secondary N) is 1. The van der Waals surface area contributed by atoms with Gasteiger partial charge in [-0.15, -0.1) is 0 Å². The summed E-state index contributed by atoms with van der Waals surface area (Å²) in [5.74, 6) is 0. The van der Waals surface area contributed by atoms with E-state index in [2.05, 4.69) is 12.2 Å². The fourth-order valence-electron chi connectivity index (χ4n) is 1.97.